The normalized spacial score (nSPS) is 20.1. The van der Waals surface area contributed by atoms with Crippen molar-refractivity contribution in [3.05, 3.63) is 52.6 Å². The molecule has 3 amide bonds. The summed E-state index contributed by atoms with van der Waals surface area (Å²) >= 11 is 0. The molecule has 0 spiro atoms. The second-order valence-corrected chi connectivity index (χ2v) is 11.8. The lowest BCUT2D eigenvalue weighted by molar-refractivity contribution is -0.137. The lowest BCUT2D eigenvalue weighted by Crippen LogP contribution is -2.58. The van der Waals surface area contributed by atoms with Crippen LogP contribution in [0.2, 0.25) is 0 Å². The largest absolute Gasteiger partial charge is 0.354 e. The molecule has 2 aromatic rings. The third-order valence-electron chi connectivity index (χ3n) is 8.23. The maximum atomic E-state index is 12.8. The fraction of sp³-hybridized carbons (Fsp3) is 0.571. The molecule has 2 aliphatic heterocycles. The molecule has 3 fully saturated rings. The van der Waals surface area contributed by atoms with E-state index in [2.05, 4.69) is 27.3 Å². The first-order valence-electron chi connectivity index (χ1n) is 13.9. The first-order chi connectivity index (χ1) is 18.5. The van der Waals surface area contributed by atoms with Crippen molar-refractivity contribution in [2.45, 2.75) is 63.1 Å². The summed E-state index contributed by atoms with van der Waals surface area (Å²) in [5.74, 6) is 0.0523. The van der Waals surface area contributed by atoms with Gasteiger partial charge in [-0.15, -0.1) is 0 Å². The molecule has 2 saturated heterocycles. The summed E-state index contributed by atoms with van der Waals surface area (Å²) in [7, 11) is 0. The van der Waals surface area contributed by atoms with Crippen molar-refractivity contribution in [2.24, 2.45) is 11.5 Å². The summed E-state index contributed by atoms with van der Waals surface area (Å²) < 4.78 is 1.47. The molecule has 1 aromatic heterocycles. The first kappa shape index (κ1) is 27.3. The van der Waals surface area contributed by atoms with Crippen LogP contribution in [0.5, 0.6) is 0 Å². The van der Waals surface area contributed by atoms with Crippen LogP contribution in [0, 0.1) is 0 Å². The Balaban J connectivity index is 1.16. The van der Waals surface area contributed by atoms with Crippen molar-refractivity contribution >= 4 is 17.8 Å². The van der Waals surface area contributed by atoms with Crippen molar-refractivity contribution in [2.75, 3.05) is 44.6 Å². The van der Waals surface area contributed by atoms with Crippen LogP contribution in [-0.2, 0) is 11.2 Å². The Morgan fingerprint density at radius 2 is 1.62 bits per heavy atom. The topological polar surface area (TPSA) is 143 Å². The second-order valence-electron chi connectivity index (χ2n) is 11.8. The lowest BCUT2D eigenvalue weighted by atomic mass is 9.98. The molecule has 5 N–H and O–H groups in total. The Morgan fingerprint density at radius 1 is 1.00 bits per heavy atom. The minimum absolute atomic E-state index is 0.139. The van der Waals surface area contributed by atoms with Gasteiger partial charge in [0.1, 0.15) is 5.82 Å². The molecule has 1 saturated carbocycles. The summed E-state index contributed by atoms with van der Waals surface area (Å²) in [4.78, 5) is 47.8. The van der Waals surface area contributed by atoms with Crippen LogP contribution in [-0.4, -0.2) is 92.6 Å². The molecule has 3 heterocycles. The van der Waals surface area contributed by atoms with Gasteiger partial charge in [0.05, 0.1) is 11.2 Å². The molecule has 1 aromatic carbocycles. The third kappa shape index (κ3) is 6.15. The highest BCUT2D eigenvalue weighted by molar-refractivity contribution is 5.89. The van der Waals surface area contributed by atoms with Crippen LogP contribution < -0.4 is 22.5 Å². The highest BCUT2D eigenvalue weighted by Crippen LogP contribution is 2.45. The minimum Gasteiger partial charge on any atom is -0.338 e. The maximum absolute atomic E-state index is 12.8. The Hall–Kier alpha value is -3.28. The van der Waals surface area contributed by atoms with Crippen molar-refractivity contribution in [3.8, 4) is 5.69 Å². The minimum atomic E-state index is -0.944. The number of rotatable bonds is 6. The predicted octanol–water partition coefficient (Wildman–Crippen LogP) is 1.14. The summed E-state index contributed by atoms with van der Waals surface area (Å²) in [6.45, 7) is 7.07. The number of aromatic nitrogens is 2. The van der Waals surface area contributed by atoms with Crippen LogP contribution in [0.15, 0.2) is 41.3 Å². The molecule has 210 valence electrons. The second kappa shape index (κ2) is 10.7. The summed E-state index contributed by atoms with van der Waals surface area (Å²) in [6.07, 6.45) is 7.21. The number of piperidine rings is 1. The molecule has 0 atom stereocenters. The predicted molar refractivity (Wildman–Crippen MR) is 150 cm³/mol. The van der Waals surface area contributed by atoms with Gasteiger partial charge in [0, 0.05) is 57.0 Å². The molecule has 11 heteroatoms. The number of anilines is 1. The van der Waals surface area contributed by atoms with Crippen molar-refractivity contribution < 1.29 is 9.59 Å². The SMILES string of the molecule is CC(C)(N)C(=O)N1CCN(C(=O)Nc2ccn(-c3ccc(CC4(N5CCC(N)CC5)CC4)cc3)c(=O)n2)CC1. The maximum Gasteiger partial charge on any atom is 0.354 e. The van der Waals surface area contributed by atoms with E-state index in [0.29, 0.717) is 32.2 Å². The van der Waals surface area contributed by atoms with Gasteiger partial charge < -0.3 is 21.3 Å². The van der Waals surface area contributed by atoms with Gasteiger partial charge in [-0.25, -0.2) is 9.59 Å². The number of benzene rings is 1. The van der Waals surface area contributed by atoms with Crippen LogP contribution in [0.25, 0.3) is 5.69 Å². The van der Waals surface area contributed by atoms with Crippen LogP contribution in [0.4, 0.5) is 10.6 Å². The zero-order chi connectivity index (χ0) is 27.8. The molecular formula is C28H40N8O3. The highest BCUT2D eigenvalue weighted by Gasteiger charge is 2.48. The molecule has 0 radical (unpaired) electrons. The molecule has 5 rings (SSSR count). The Kier molecular flexibility index (Phi) is 7.49. The first-order valence-corrected chi connectivity index (χ1v) is 13.9. The Bertz CT molecular complexity index is 1250. The summed E-state index contributed by atoms with van der Waals surface area (Å²) in [5.41, 5.74) is 12.8. The van der Waals surface area contributed by atoms with Crippen molar-refractivity contribution in [1.29, 1.82) is 0 Å². The number of amides is 3. The highest BCUT2D eigenvalue weighted by atomic mass is 16.2. The van der Waals surface area contributed by atoms with Gasteiger partial charge in [0.2, 0.25) is 5.91 Å². The number of hydrogen-bond donors (Lipinski definition) is 3. The molecule has 3 aliphatic rings. The van der Waals surface area contributed by atoms with Gasteiger partial charge in [0.25, 0.3) is 0 Å². The molecule has 39 heavy (non-hydrogen) atoms. The van der Waals surface area contributed by atoms with E-state index in [9.17, 15) is 14.4 Å². The number of carbonyl (C=O) groups excluding carboxylic acids is 2. The zero-order valence-corrected chi connectivity index (χ0v) is 22.9. The smallest absolute Gasteiger partial charge is 0.338 e. The van der Waals surface area contributed by atoms with Crippen molar-refractivity contribution in [1.82, 2.24) is 24.3 Å². The van der Waals surface area contributed by atoms with Crippen LogP contribution in [0.1, 0.15) is 45.1 Å². The van der Waals surface area contributed by atoms with E-state index in [1.807, 2.05) is 12.1 Å². The average molecular weight is 537 g/mol. The van der Waals surface area contributed by atoms with Crippen LogP contribution in [0.3, 0.4) is 0 Å². The van der Waals surface area contributed by atoms with Gasteiger partial charge in [-0.2, -0.15) is 4.98 Å². The van der Waals surface area contributed by atoms with Gasteiger partial charge in [-0.3, -0.25) is 19.6 Å². The number of hydrogen-bond acceptors (Lipinski definition) is 7. The molecule has 11 nitrogen and oxygen atoms in total. The van der Waals surface area contributed by atoms with E-state index in [1.54, 1.807) is 35.9 Å². The van der Waals surface area contributed by atoms with Crippen molar-refractivity contribution in [3.63, 3.8) is 0 Å². The number of piperazine rings is 1. The monoisotopic (exact) mass is 536 g/mol. The van der Waals surface area contributed by atoms with E-state index in [0.717, 1.165) is 38.0 Å². The van der Waals surface area contributed by atoms with Gasteiger partial charge in [-0.05, 0) is 69.7 Å². The number of carbonyl (C=O) groups is 2. The number of nitrogens with zero attached hydrogens (tertiary/aromatic N) is 5. The summed E-state index contributed by atoms with van der Waals surface area (Å²) in [5, 5.41) is 2.70. The number of likely N-dealkylation sites (tertiary alicyclic amines) is 1. The van der Waals surface area contributed by atoms with E-state index in [-0.39, 0.29) is 23.3 Å². The number of nitrogens with two attached hydrogens (primary N) is 2. The molecule has 0 bridgehead atoms. The quantitative estimate of drug-likeness (QED) is 0.502. The Morgan fingerprint density at radius 3 is 2.18 bits per heavy atom. The standard InChI is InChI=1S/C28H40N8O3/c1-27(2,30)24(37)33-15-17-34(18-16-33)25(38)31-23-9-14-36(26(39)32-23)22-5-3-20(4-6-22)19-28(10-11-28)35-12-7-21(29)8-13-35/h3-6,9,14,21H,7-8,10-13,15-19,29-30H2,1-2H3,(H,31,32,38,39). The zero-order valence-electron chi connectivity index (χ0n) is 22.9. The summed E-state index contributed by atoms with van der Waals surface area (Å²) in [6, 6.07) is 9.66. The number of nitrogens with one attached hydrogen (secondary N) is 1. The fourth-order valence-corrected chi connectivity index (χ4v) is 5.66. The van der Waals surface area contributed by atoms with E-state index < -0.39 is 11.2 Å². The van der Waals surface area contributed by atoms with Gasteiger partial charge in [-0.1, -0.05) is 12.1 Å². The van der Waals surface area contributed by atoms with Gasteiger partial charge >= 0.3 is 11.7 Å². The van der Waals surface area contributed by atoms with Gasteiger partial charge in [0.15, 0.2) is 0 Å². The molecular weight excluding hydrogens is 496 g/mol. The Labute approximate surface area is 229 Å². The van der Waals surface area contributed by atoms with E-state index in [4.69, 9.17) is 11.5 Å². The third-order valence-corrected chi connectivity index (χ3v) is 8.23. The fourth-order valence-electron chi connectivity index (χ4n) is 5.66. The lowest BCUT2D eigenvalue weighted by Gasteiger charge is -2.37. The van der Waals surface area contributed by atoms with Crippen LogP contribution >= 0.6 is 0 Å². The molecule has 0 unspecified atom stereocenters. The molecule has 1 aliphatic carbocycles. The number of urea groups is 1. The average Bonchev–Trinajstić information content (AvgIpc) is 3.69. The van der Waals surface area contributed by atoms with E-state index >= 15 is 0 Å². The van der Waals surface area contributed by atoms with E-state index in [1.165, 1.54) is 23.0 Å².